The Balaban J connectivity index is 1.82. The predicted octanol–water partition coefficient (Wildman–Crippen LogP) is 3.68. The van der Waals surface area contributed by atoms with Crippen LogP contribution in [0.5, 0.6) is 0 Å². The smallest absolute Gasteiger partial charge is 0.224 e. The highest BCUT2D eigenvalue weighted by Crippen LogP contribution is 2.28. The Hall–Kier alpha value is -1.71. The van der Waals surface area contributed by atoms with E-state index in [0.717, 1.165) is 15.7 Å². The minimum Gasteiger partial charge on any atom is -0.326 e. The fourth-order valence-corrected chi connectivity index (χ4v) is 3.91. The van der Waals surface area contributed by atoms with Crippen molar-refractivity contribution in [3.8, 4) is 11.3 Å². The fraction of sp³-hybridized carbons (Fsp3) is 0.474. The summed E-state index contributed by atoms with van der Waals surface area (Å²) >= 11 is 3.48. The topological polar surface area (TPSA) is 93.1 Å². The Morgan fingerprint density at radius 3 is 2.57 bits per heavy atom. The van der Waals surface area contributed by atoms with Gasteiger partial charge < -0.3 is 5.32 Å². The molecule has 7 nitrogen and oxygen atoms in total. The highest BCUT2D eigenvalue weighted by atomic mass is 79.9. The average Bonchev–Trinajstić information content (AvgIpc) is 2.92. The lowest BCUT2D eigenvalue weighted by Crippen LogP contribution is -2.39. The SMILES string of the molecule is Cn1cc(Br)c(-c2cccc(NC(=O)CCCCNS(=O)(=O)C(C)(C)C)c2)n1. The number of aromatic nitrogens is 2. The van der Waals surface area contributed by atoms with Gasteiger partial charge in [-0.15, -0.1) is 0 Å². The van der Waals surface area contributed by atoms with E-state index < -0.39 is 14.8 Å². The number of rotatable bonds is 8. The van der Waals surface area contributed by atoms with Crippen LogP contribution in [0.4, 0.5) is 5.69 Å². The summed E-state index contributed by atoms with van der Waals surface area (Å²) < 4.78 is 28.3. The maximum atomic E-state index is 12.2. The molecule has 154 valence electrons. The molecule has 0 unspecified atom stereocenters. The number of nitrogens with one attached hydrogen (secondary N) is 2. The Kier molecular flexibility index (Phi) is 7.41. The minimum absolute atomic E-state index is 0.101. The summed E-state index contributed by atoms with van der Waals surface area (Å²) in [5, 5.41) is 7.29. The molecule has 9 heteroatoms. The number of carbonyl (C=O) groups excluding carboxylic acids is 1. The van der Waals surface area contributed by atoms with E-state index in [1.807, 2.05) is 37.5 Å². The number of nitrogens with zero attached hydrogens (tertiary/aromatic N) is 2. The van der Waals surface area contributed by atoms with E-state index in [4.69, 9.17) is 0 Å². The van der Waals surface area contributed by atoms with E-state index in [1.54, 1.807) is 25.5 Å². The van der Waals surface area contributed by atoms with E-state index >= 15 is 0 Å². The van der Waals surface area contributed by atoms with Crippen LogP contribution in [0.25, 0.3) is 11.3 Å². The van der Waals surface area contributed by atoms with E-state index in [-0.39, 0.29) is 5.91 Å². The average molecular weight is 471 g/mol. The summed E-state index contributed by atoms with van der Waals surface area (Å²) in [7, 11) is -1.49. The van der Waals surface area contributed by atoms with E-state index in [0.29, 0.717) is 31.5 Å². The van der Waals surface area contributed by atoms with Crippen LogP contribution < -0.4 is 10.0 Å². The van der Waals surface area contributed by atoms with Crippen molar-refractivity contribution in [3.05, 3.63) is 34.9 Å². The quantitative estimate of drug-likeness (QED) is 0.575. The van der Waals surface area contributed by atoms with Crippen LogP contribution in [-0.2, 0) is 21.9 Å². The number of carbonyl (C=O) groups is 1. The van der Waals surface area contributed by atoms with E-state index in [2.05, 4.69) is 31.1 Å². The largest absolute Gasteiger partial charge is 0.326 e. The second-order valence-corrected chi connectivity index (χ2v) is 11.0. The molecule has 28 heavy (non-hydrogen) atoms. The summed E-state index contributed by atoms with van der Waals surface area (Å²) in [5.41, 5.74) is 2.42. The number of unbranched alkanes of at least 4 members (excludes halogenated alkanes) is 1. The van der Waals surface area contributed by atoms with Crippen LogP contribution in [0, 0.1) is 0 Å². The standard InChI is InChI=1S/C19H27BrN4O3S/c1-19(2,3)28(26,27)21-11-6-5-10-17(25)22-15-9-7-8-14(12-15)18-16(20)13-24(4)23-18/h7-9,12-13,21H,5-6,10-11H2,1-4H3,(H,22,25). The third-order valence-corrected chi connectivity index (χ3v) is 6.91. The normalized spacial score (nSPS) is 12.2. The number of hydrogen-bond donors (Lipinski definition) is 2. The van der Waals surface area contributed by atoms with Crippen molar-refractivity contribution in [2.45, 2.75) is 44.8 Å². The number of halogens is 1. The molecule has 0 bridgehead atoms. The molecule has 0 atom stereocenters. The molecule has 1 heterocycles. The van der Waals surface area contributed by atoms with Gasteiger partial charge in [0.15, 0.2) is 0 Å². The Morgan fingerprint density at radius 1 is 1.25 bits per heavy atom. The Labute approximate surface area is 175 Å². The van der Waals surface area contributed by atoms with Crippen molar-refractivity contribution in [3.63, 3.8) is 0 Å². The molecule has 2 N–H and O–H groups in total. The zero-order valence-electron chi connectivity index (χ0n) is 16.6. The number of anilines is 1. The molecule has 1 aromatic heterocycles. The first kappa shape index (κ1) is 22.6. The molecule has 1 amide bonds. The third-order valence-electron chi connectivity index (χ3n) is 4.13. The van der Waals surface area contributed by atoms with Gasteiger partial charge in [-0.25, -0.2) is 13.1 Å². The van der Waals surface area contributed by atoms with Crippen LogP contribution >= 0.6 is 15.9 Å². The summed E-state index contributed by atoms with van der Waals surface area (Å²) in [6, 6.07) is 7.51. The van der Waals surface area contributed by atoms with Crippen molar-refractivity contribution < 1.29 is 13.2 Å². The van der Waals surface area contributed by atoms with Gasteiger partial charge in [-0.1, -0.05) is 12.1 Å². The van der Waals surface area contributed by atoms with Crippen molar-refractivity contribution in [2.75, 3.05) is 11.9 Å². The molecular formula is C19H27BrN4O3S. The zero-order chi connectivity index (χ0) is 20.9. The van der Waals surface area contributed by atoms with Crippen LogP contribution in [0.15, 0.2) is 34.9 Å². The first-order valence-corrected chi connectivity index (χ1v) is 11.4. The molecule has 0 spiro atoms. The van der Waals surface area contributed by atoms with E-state index in [1.165, 1.54) is 0 Å². The lowest BCUT2D eigenvalue weighted by Gasteiger charge is -2.19. The van der Waals surface area contributed by atoms with Gasteiger partial charge in [-0.2, -0.15) is 5.10 Å². The zero-order valence-corrected chi connectivity index (χ0v) is 19.0. The molecule has 0 aliphatic rings. The number of aryl methyl sites for hydroxylation is 1. The molecule has 2 aromatic rings. The number of sulfonamides is 1. The van der Waals surface area contributed by atoms with Crippen LogP contribution in [0.1, 0.15) is 40.0 Å². The van der Waals surface area contributed by atoms with Crippen LogP contribution in [-0.4, -0.2) is 35.4 Å². The maximum absolute atomic E-state index is 12.2. The van der Waals surface area contributed by atoms with Crippen molar-refractivity contribution in [1.29, 1.82) is 0 Å². The molecule has 0 aliphatic heterocycles. The van der Waals surface area contributed by atoms with Crippen LogP contribution in [0.2, 0.25) is 0 Å². The van der Waals surface area contributed by atoms with E-state index in [9.17, 15) is 13.2 Å². The van der Waals surface area contributed by atoms with Crippen molar-refractivity contribution >= 4 is 37.5 Å². The first-order chi connectivity index (χ1) is 13.0. The number of benzene rings is 1. The van der Waals surface area contributed by atoms with Gasteiger partial charge in [-0.05, 0) is 61.7 Å². The molecule has 2 rings (SSSR count). The highest BCUT2D eigenvalue weighted by Gasteiger charge is 2.27. The Morgan fingerprint density at radius 2 is 1.96 bits per heavy atom. The minimum atomic E-state index is -3.34. The molecule has 0 radical (unpaired) electrons. The predicted molar refractivity (Wildman–Crippen MR) is 116 cm³/mol. The van der Waals surface area contributed by atoms with Gasteiger partial charge in [0, 0.05) is 37.5 Å². The van der Waals surface area contributed by atoms with Gasteiger partial charge in [0.1, 0.15) is 5.69 Å². The molecule has 0 aliphatic carbocycles. The summed E-state index contributed by atoms with van der Waals surface area (Å²) in [4.78, 5) is 12.2. The molecule has 0 fully saturated rings. The first-order valence-electron chi connectivity index (χ1n) is 9.08. The number of amides is 1. The van der Waals surface area contributed by atoms with Gasteiger partial charge in [0.05, 0.1) is 9.22 Å². The van der Waals surface area contributed by atoms with Crippen molar-refractivity contribution in [2.24, 2.45) is 7.05 Å². The van der Waals surface area contributed by atoms with Gasteiger partial charge in [0.25, 0.3) is 0 Å². The van der Waals surface area contributed by atoms with Crippen LogP contribution in [0.3, 0.4) is 0 Å². The van der Waals surface area contributed by atoms with Crippen molar-refractivity contribution in [1.82, 2.24) is 14.5 Å². The lowest BCUT2D eigenvalue weighted by atomic mass is 10.1. The van der Waals surface area contributed by atoms with Gasteiger partial charge >= 0.3 is 0 Å². The summed E-state index contributed by atoms with van der Waals surface area (Å²) in [6.07, 6.45) is 3.40. The monoisotopic (exact) mass is 470 g/mol. The van der Waals surface area contributed by atoms with Gasteiger partial charge in [-0.3, -0.25) is 9.48 Å². The molecule has 1 aromatic carbocycles. The second kappa shape index (κ2) is 9.19. The second-order valence-electron chi connectivity index (χ2n) is 7.60. The summed E-state index contributed by atoms with van der Waals surface area (Å²) in [5.74, 6) is -0.101. The molecule has 0 saturated heterocycles. The lowest BCUT2D eigenvalue weighted by molar-refractivity contribution is -0.116. The number of hydrogen-bond acceptors (Lipinski definition) is 4. The molecule has 0 saturated carbocycles. The maximum Gasteiger partial charge on any atom is 0.224 e. The van der Waals surface area contributed by atoms with Gasteiger partial charge in [0.2, 0.25) is 15.9 Å². The fourth-order valence-electron chi connectivity index (χ4n) is 2.46. The summed E-state index contributed by atoms with van der Waals surface area (Å²) in [6.45, 7) is 5.29. The third kappa shape index (κ3) is 6.15. The Bertz CT molecular complexity index is 933. The molecular weight excluding hydrogens is 444 g/mol. The highest BCUT2D eigenvalue weighted by molar-refractivity contribution is 9.10.